The number of thiazole rings is 1. The summed E-state index contributed by atoms with van der Waals surface area (Å²) in [6, 6.07) is 0.519. The van der Waals surface area contributed by atoms with E-state index in [1.165, 1.54) is 66.5 Å². The van der Waals surface area contributed by atoms with Gasteiger partial charge in [0, 0.05) is 11.4 Å². The third-order valence-corrected chi connectivity index (χ3v) is 6.39. The molecule has 6 nitrogen and oxygen atoms in total. The first-order chi connectivity index (χ1) is 11.2. The number of aromatic nitrogens is 3. The Morgan fingerprint density at radius 2 is 2.13 bits per heavy atom. The third kappa shape index (κ3) is 5.15. The molecule has 2 aromatic rings. The minimum absolute atomic E-state index is 0.0682. The Bertz CT molecular complexity index is 650. The third-order valence-electron chi connectivity index (χ3n) is 3.53. The van der Waals surface area contributed by atoms with Crippen molar-refractivity contribution in [1.82, 2.24) is 15.2 Å². The van der Waals surface area contributed by atoms with Gasteiger partial charge in [0.05, 0.1) is 11.4 Å². The highest BCUT2D eigenvalue weighted by molar-refractivity contribution is 8.01. The average Bonchev–Trinajstić information content (AvgIpc) is 3.15. The van der Waals surface area contributed by atoms with E-state index in [2.05, 4.69) is 25.8 Å². The van der Waals surface area contributed by atoms with E-state index in [1.54, 1.807) is 0 Å². The second kappa shape index (κ2) is 8.07. The Kier molecular flexibility index (Phi) is 5.85. The highest BCUT2D eigenvalue weighted by atomic mass is 32.2. The van der Waals surface area contributed by atoms with Gasteiger partial charge in [-0.3, -0.25) is 4.79 Å². The van der Waals surface area contributed by atoms with Gasteiger partial charge in [0.1, 0.15) is 0 Å². The van der Waals surface area contributed by atoms with Gasteiger partial charge < -0.3 is 10.6 Å². The van der Waals surface area contributed by atoms with Gasteiger partial charge in [-0.1, -0.05) is 42.4 Å². The van der Waals surface area contributed by atoms with Gasteiger partial charge in [-0.25, -0.2) is 4.98 Å². The molecule has 0 unspecified atom stereocenters. The Balaban J connectivity index is 1.44. The van der Waals surface area contributed by atoms with Crippen LogP contribution in [0.4, 0.5) is 10.3 Å². The molecule has 2 N–H and O–H groups in total. The van der Waals surface area contributed by atoms with Gasteiger partial charge in [-0.2, -0.15) is 0 Å². The largest absolute Gasteiger partial charge is 0.357 e. The normalized spacial score (nSPS) is 15.5. The van der Waals surface area contributed by atoms with E-state index in [4.69, 9.17) is 0 Å². The number of thioether (sulfide) groups is 1. The molecule has 3 rings (SSSR count). The van der Waals surface area contributed by atoms with Crippen molar-refractivity contribution in [3.63, 3.8) is 0 Å². The zero-order chi connectivity index (χ0) is 16.1. The minimum Gasteiger partial charge on any atom is -0.357 e. The molecule has 1 amide bonds. The van der Waals surface area contributed by atoms with E-state index in [0.29, 0.717) is 16.9 Å². The van der Waals surface area contributed by atoms with Gasteiger partial charge >= 0.3 is 0 Å². The summed E-state index contributed by atoms with van der Waals surface area (Å²) < 4.78 is 0.814. The van der Waals surface area contributed by atoms with Crippen LogP contribution >= 0.6 is 34.4 Å². The summed E-state index contributed by atoms with van der Waals surface area (Å²) in [6.45, 7) is 1.91. The van der Waals surface area contributed by atoms with Crippen molar-refractivity contribution in [3.05, 3.63) is 11.1 Å². The molecule has 2 aromatic heterocycles. The fourth-order valence-electron chi connectivity index (χ4n) is 2.44. The summed E-state index contributed by atoms with van der Waals surface area (Å²) in [7, 11) is 0. The van der Waals surface area contributed by atoms with Crippen molar-refractivity contribution in [2.45, 2.75) is 49.4 Å². The van der Waals surface area contributed by atoms with Crippen LogP contribution in [0.2, 0.25) is 0 Å². The molecule has 9 heteroatoms. The van der Waals surface area contributed by atoms with Crippen LogP contribution < -0.4 is 10.6 Å². The van der Waals surface area contributed by atoms with Crippen molar-refractivity contribution in [1.29, 1.82) is 0 Å². The molecule has 1 fully saturated rings. The summed E-state index contributed by atoms with van der Waals surface area (Å²) in [5.74, 6) is 0.248. The number of aryl methyl sites for hydroxylation is 1. The number of hydrogen-bond acceptors (Lipinski definition) is 8. The van der Waals surface area contributed by atoms with E-state index < -0.39 is 0 Å². The van der Waals surface area contributed by atoms with Crippen LogP contribution in [0.5, 0.6) is 0 Å². The lowest BCUT2D eigenvalue weighted by molar-refractivity contribution is -0.113. The molecule has 0 bridgehead atoms. The predicted octanol–water partition coefficient (Wildman–Crippen LogP) is 3.78. The van der Waals surface area contributed by atoms with Crippen molar-refractivity contribution < 1.29 is 4.79 Å². The Labute approximate surface area is 147 Å². The molecule has 0 saturated heterocycles. The van der Waals surface area contributed by atoms with E-state index in [1.807, 2.05) is 12.3 Å². The molecule has 0 aliphatic heterocycles. The highest BCUT2D eigenvalue weighted by Crippen LogP contribution is 2.28. The van der Waals surface area contributed by atoms with E-state index in [0.717, 1.165) is 15.2 Å². The first-order valence-corrected chi connectivity index (χ1v) is 10.3. The number of nitrogens with zero attached hydrogens (tertiary/aromatic N) is 3. The maximum atomic E-state index is 11.9. The van der Waals surface area contributed by atoms with E-state index >= 15 is 0 Å². The average molecular weight is 370 g/mol. The second-order valence-electron chi connectivity index (χ2n) is 5.48. The molecule has 1 aliphatic rings. The van der Waals surface area contributed by atoms with Gasteiger partial charge in [-0.15, -0.1) is 21.5 Å². The summed E-state index contributed by atoms with van der Waals surface area (Å²) >= 11 is 4.36. The van der Waals surface area contributed by atoms with Gasteiger partial charge in [0.2, 0.25) is 11.0 Å². The monoisotopic (exact) mass is 369 g/mol. The minimum atomic E-state index is -0.0682. The lowest BCUT2D eigenvalue weighted by atomic mass is 9.96. The number of carbonyl (C=O) groups excluding carboxylic acids is 1. The van der Waals surface area contributed by atoms with Crippen molar-refractivity contribution in [2.24, 2.45) is 0 Å². The van der Waals surface area contributed by atoms with Crippen LogP contribution in [0.15, 0.2) is 9.72 Å². The standard InChI is InChI=1S/C14H19N5OS3/c1-9-7-21-12(15-9)17-11(20)8-22-14-19-18-13(23-14)16-10-5-3-2-4-6-10/h7,10H,2-6,8H2,1H3,(H,16,18)(H,15,17,20). The predicted molar refractivity (Wildman–Crippen MR) is 96.6 cm³/mol. The molecule has 0 spiro atoms. The molecule has 1 aliphatic carbocycles. The summed E-state index contributed by atoms with van der Waals surface area (Å²) in [4.78, 5) is 16.1. The molecule has 1 saturated carbocycles. The number of rotatable bonds is 6. The molecule has 0 atom stereocenters. The maximum Gasteiger partial charge on any atom is 0.236 e. The van der Waals surface area contributed by atoms with Crippen LogP contribution in [0, 0.1) is 6.92 Å². The smallest absolute Gasteiger partial charge is 0.236 e. The van der Waals surface area contributed by atoms with Gasteiger partial charge in [-0.05, 0) is 19.8 Å². The number of amides is 1. The van der Waals surface area contributed by atoms with Crippen LogP contribution in [0.25, 0.3) is 0 Å². The molecule has 0 radical (unpaired) electrons. The van der Waals surface area contributed by atoms with Crippen LogP contribution in [0.1, 0.15) is 37.8 Å². The zero-order valence-corrected chi connectivity index (χ0v) is 15.3. The van der Waals surface area contributed by atoms with Crippen molar-refractivity contribution in [2.75, 3.05) is 16.4 Å². The SMILES string of the molecule is Cc1csc(NC(=O)CSc2nnc(NC3CCCCC3)s2)n1. The quantitative estimate of drug-likeness (QED) is 0.754. The van der Waals surface area contributed by atoms with E-state index in [-0.39, 0.29) is 5.91 Å². The van der Waals surface area contributed by atoms with Crippen LogP contribution in [0.3, 0.4) is 0 Å². The van der Waals surface area contributed by atoms with E-state index in [9.17, 15) is 4.79 Å². The molecule has 124 valence electrons. The second-order valence-corrected chi connectivity index (χ2v) is 8.54. The first kappa shape index (κ1) is 16.7. The number of anilines is 2. The van der Waals surface area contributed by atoms with Gasteiger partial charge in [0.25, 0.3) is 0 Å². The van der Waals surface area contributed by atoms with Crippen molar-refractivity contribution >= 4 is 50.6 Å². The fraction of sp³-hybridized carbons (Fsp3) is 0.571. The van der Waals surface area contributed by atoms with Gasteiger partial charge in [0.15, 0.2) is 9.47 Å². The lowest BCUT2D eigenvalue weighted by Gasteiger charge is -2.21. The summed E-state index contributed by atoms with van der Waals surface area (Å²) in [6.07, 6.45) is 6.32. The molecular formula is C14H19N5OS3. The molecule has 0 aromatic carbocycles. The van der Waals surface area contributed by atoms with Crippen molar-refractivity contribution in [3.8, 4) is 0 Å². The van der Waals surface area contributed by atoms with Crippen LogP contribution in [-0.2, 0) is 4.79 Å². The molecule has 2 heterocycles. The highest BCUT2D eigenvalue weighted by Gasteiger charge is 2.15. The number of hydrogen-bond donors (Lipinski definition) is 2. The molecule has 23 heavy (non-hydrogen) atoms. The summed E-state index contributed by atoms with van der Waals surface area (Å²) in [5.41, 5.74) is 0.917. The van der Waals surface area contributed by atoms with Crippen LogP contribution in [-0.4, -0.2) is 32.9 Å². The summed E-state index contributed by atoms with van der Waals surface area (Å²) in [5, 5.41) is 18.0. The fourth-order valence-corrected chi connectivity index (χ4v) is 4.78. The first-order valence-electron chi connectivity index (χ1n) is 7.64. The number of carbonyl (C=O) groups is 1. The lowest BCUT2D eigenvalue weighted by Crippen LogP contribution is -2.21. The Morgan fingerprint density at radius 1 is 1.30 bits per heavy atom. The maximum absolute atomic E-state index is 11.9. The number of nitrogens with one attached hydrogen (secondary N) is 2. The Morgan fingerprint density at radius 3 is 2.87 bits per heavy atom. The topological polar surface area (TPSA) is 79.8 Å². The molecular weight excluding hydrogens is 350 g/mol. The Hall–Kier alpha value is -1.19. The zero-order valence-electron chi connectivity index (χ0n) is 12.9.